The van der Waals surface area contributed by atoms with Crippen molar-refractivity contribution >= 4 is 16.7 Å². The fourth-order valence-electron chi connectivity index (χ4n) is 3.26. The Morgan fingerprint density at radius 2 is 1.71 bits per heavy atom. The van der Waals surface area contributed by atoms with E-state index in [1.807, 2.05) is 55.5 Å². The summed E-state index contributed by atoms with van der Waals surface area (Å²) >= 11 is 0. The fourth-order valence-corrected chi connectivity index (χ4v) is 3.26. The number of hydrogen-bond acceptors (Lipinski definition) is 4. The zero-order valence-corrected chi connectivity index (χ0v) is 15.7. The molecular weight excluding hydrogens is 350 g/mol. The van der Waals surface area contributed by atoms with Crippen molar-refractivity contribution in [1.82, 2.24) is 4.98 Å². The minimum atomic E-state index is -0.404. The maximum absolute atomic E-state index is 12.6. The fraction of sp³-hybridized carbons (Fsp3) is 0.0833. The molecule has 0 bridgehead atoms. The lowest BCUT2D eigenvalue weighted by Crippen LogP contribution is -2.08. The van der Waals surface area contributed by atoms with E-state index in [-0.39, 0.29) is 0 Å². The maximum atomic E-state index is 12.6. The summed E-state index contributed by atoms with van der Waals surface area (Å²) in [7, 11) is 1.58. The molecule has 4 heteroatoms. The summed E-state index contributed by atoms with van der Waals surface area (Å²) in [6.45, 7) is 2.04. The Labute approximate surface area is 163 Å². The van der Waals surface area contributed by atoms with E-state index in [0.29, 0.717) is 17.2 Å². The molecule has 4 rings (SSSR count). The molecule has 0 aliphatic rings. The van der Waals surface area contributed by atoms with Crippen molar-refractivity contribution in [3.05, 3.63) is 90.1 Å². The van der Waals surface area contributed by atoms with Gasteiger partial charge in [0.05, 0.1) is 12.7 Å². The Bertz CT molecular complexity index is 1150. The average molecular weight is 369 g/mol. The van der Waals surface area contributed by atoms with Gasteiger partial charge in [-0.3, -0.25) is 0 Å². The summed E-state index contributed by atoms with van der Waals surface area (Å²) in [6.07, 6.45) is 1.76. The van der Waals surface area contributed by atoms with Crippen LogP contribution in [0.5, 0.6) is 11.6 Å². The van der Waals surface area contributed by atoms with Crippen LogP contribution in [-0.4, -0.2) is 18.1 Å². The first-order valence-corrected chi connectivity index (χ1v) is 8.97. The number of fused-ring (bicyclic) bond motifs is 1. The van der Waals surface area contributed by atoms with Crippen LogP contribution < -0.4 is 9.47 Å². The third-order valence-corrected chi connectivity index (χ3v) is 4.57. The minimum Gasteiger partial charge on any atom is -0.481 e. The highest BCUT2D eigenvalue weighted by Gasteiger charge is 2.17. The first-order valence-electron chi connectivity index (χ1n) is 8.97. The van der Waals surface area contributed by atoms with Crippen LogP contribution in [-0.2, 0) is 0 Å². The SMILES string of the molecule is COc1ncc(-c2cccc(C)c2)c2c(OC(=O)c3ccccc3)cccc12. The maximum Gasteiger partial charge on any atom is 0.343 e. The van der Waals surface area contributed by atoms with Gasteiger partial charge in [0.1, 0.15) is 5.75 Å². The molecule has 0 amide bonds. The van der Waals surface area contributed by atoms with E-state index in [2.05, 4.69) is 11.1 Å². The van der Waals surface area contributed by atoms with Crippen molar-refractivity contribution < 1.29 is 14.3 Å². The molecule has 0 saturated carbocycles. The van der Waals surface area contributed by atoms with E-state index in [1.54, 1.807) is 31.5 Å². The molecule has 1 heterocycles. The molecule has 0 atom stereocenters. The van der Waals surface area contributed by atoms with Gasteiger partial charge in [-0.1, -0.05) is 54.1 Å². The first-order chi connectivity index (χ1) is 13.7. The zero-order chi connectivity index (χ0) is 19.5. The predicted molar refractivity (Wildman–Crippen MR) is 110 cm³/mol. The number of carbonyl (C=O) groups excluding carboxylic acids is 1. The van der Waals surface area contributed by atoms with E-state index in [1.165, 1.54) is 0 Å². The Morgan fingerprint density at radius 3 is 2.46 bits per heavy atom. The van der Waals surface area contributed by atoms with Crippen molar-refractivity contribution in [3.63, 3.8) is 0 Å². The van der Waals surface area contributed by atoms with Crippen LogP contribution in [0.1, 0.15) is 15.9 Å². The number of carbonyl (C=O) groups is 1. The lowest BCUT2D eigenvalue weighted by atomic mass is 9.98. The summed E-state index contributed by atoms with van der Waals surface area (Å²) in [5.41, 5.74) is 3.53. The minimum absolute atomic E-state index is 0.404. The topological polar surface area (TPSA) is 48.4 Å². The highest BCUT2D eigenvalue weighted by molar-refractivity contribution is 6.04. The number of esters is 1. The molecule has 0 N–H and O–H groups in total. The third kappa shape index (κ3) is 3.32. The van der Waals surface area contributed by atoms with Crippen LogP contribution in [0.4, 0.5) is 0 Å². The van der Waals surface area contributed by atoms with Gasteiger partial charge in [0.2, 0.25) is 5.88 Å². The monoisotopic (exact) mass is 369 g/mol. The highest BCUT2D eigenvalue weighted by Crippen LogP contribution is 2.39. The normalized spacial score (nSPS) is 10.6. The zero-order valence-electron chi connectivity index (χ0n) is 15.7. The van der Waals surface area contributed by atoms with Crippen LogP contribution in [0.25, 0.3) is 21.9 Å². The largest absolute Gasteiger partial charge is 0.481 e. The van der Waals surface area contributed by atoms with Crippen LogP contribution in [0, 0.1) is 6.92 Å². The molecule has 0 spiro atoms. The van der Waals surface area contributed by atoms with Gasteiger partial charge >= 0.3 is 5.97 Å². The Morgan fingerprint density at radius 1 is 0.929 bits per heavy atom. The standard InChI is InChI=1S/C24H19NO3/c1-16-8-6-11-18(14-16)20-15-25-23(27-2)19-12-7-13-21(22(19)20)28-24(26)17-9-4-3-5-10-17/h3-15H,1-2H3. The predicted octanol–water partition coefficient (Wildman–Crippen LogP) is 5.44. The smallest absolute Gasteiger partial charge is 0.343 e. The second kappa shape index (κ2) is 7.53. The van der Waals surface area contributed by atoms with Crippen molar-refractivity contribution in [2.75, 3.05) is 7.11 Å². The van der Waals surface area contributed by atoms with E-state index in [4.69, 9.17) is 9.47 Å². The molecule has 0 fully saturated rings. The number of aryl methyl sites for hydroxylation is 1. The van der Waals surface area contributed by atoms with Gasteiger partial charge in [-0.05, 0) is 36.8 Å². The van der Waals surface area contributed by atoms with Gasteiger partial charge in [0, 0.05) is 22.5 Å². The molecule has 0 unspecified atom stereocenters. The first kappa shape index (κ1) is 17.7. The number of pyridine rings is 1. The Hall–Kier alpha value is -3.66. The van der Waals surface area contributed by atoms with E-state index in [0.717, 1.165) is 27.5 Å². The van der Waals surface area contributed by atoms with Crippen LogP contribution in [0.2, 0.25) is 0 Å². The number of benzene rings is 3. The van der Waals surface area contributed by atoms with Crippen molar-refractivity contribution in [3.8, 4) is 22.8 Å². The van der Waals surface area contributed by atoms with Gasteiger partial charge < -0.3 is 9.47 Å². The second-order valence-electron chi connectivity index (χ2n) is 6.48. The van der Waals surface area contributed by atoms with E-state index < -0.39 is 5.97 Å². The average Bonchev–Trinajstić information content (AvgIpc) is 2.73. The lowest BCUT2D eigenvalue weighted by molar-refractivity contribution is 0.0737. The summed E-state index contributed by atoms with van der Waals surface area (Å²) in [5.74, 6) is 0.562. The van der Waals surface area contributed by atoms with Gasteiger partial charge in [-0.25, -0.2) is 9.78 Å². The van der Waals surface area contributed by atoms with Crippen molar-refractivity contribution in [1.29, 1.82) is 0 Å². The number of nitrogens with zero attached hydrogens (tertiary/aromatic N) is 1. The molecule has 28 heavy (non-hydrogen) atoms. The summed E-state index contributed by atoms with van der Waals surface area (Å²) < 4.78 is 11.2. The molecule has 4 nitrogen and oxygen atoms in total. The molecule has 0 radical (unpaired) electrons. The summed E-state index contributed by atoms with van der Waals surface area (Å²) in [6, 6.07) is 22.6. The highest BCUT2D eigenvalue weighted by atomic mass is 16.5. The van der Waals surface area contributed by atoms with Crippen LogP contribution in [0.15, 0.2) is 79.0 Å². The van der Waals surface area contributed by atoms with Crippen molar-refractivity contribution in [2.24, 2.45) is 0 Å². The van der Waals surface area contributed by atoms with Gasteiger partial charge in [0.25, 0.3) is 0 Å². The molecule has 0 aliphatic heterocycles. The van der Waals surface area contributed by atoms with E-state index >= 15 is 0 Å². The number of aromatic nitrogens is 1. The quantitative estimate of drug-likeness (QED) is 0.355. The number of ether oxygens (including phenoxy) is 2. The van der Waals surface area contributed by atoms with Crippen LogP contribution >= 0.6 is 0 Å². The second-order valence-corrected chi connectivity index (χ2v) is 6.48. The Balaban J connectivity index is 1.90. The molecule has 3 aromatic carbocycles. The lowest BCUT2D eigenvalue weighted by Gasteiger charge is -2.14. The summed E-state index contributed by atoms with van der Waals surface area (Å²) in [4.78, 5) is 17.1. The number of methoxy groups -OCH3 is 1. The molecular formula is C24H19NO3. The van der Waals surface area contributed by atoms with Crippen molar-refractivity contribution in [2.45, 2.75) is 6.92 Å². The number of rotatable bonds is 4. The van der Waals surface area contributed by atoms with Gasteiger partial charge in [-0.2, -0.15) is 0 Å². The number of hydrogen-bond donors (Lipinski definition) is 0. The van der Waals surface area contributed by atoms with Gasteiger partial charge in [0.15, 0.2) is 0 Å². The van der Waals surface area contributed by atoms with Crippen LogP contribution in [0.3, 0.4) is 0 Å². The molecule has 1 aromatic heterocycles. The molecule has 138 valence electrons. The molecule has 0 aliphatic carbocycles. The molecule has 0 saturated heterocycles. The third-order valence-electron chi connectivity index (χ3n) is 4.57. The summed E-state index contributed by atoms with van der Waals surface area (Å²) in [5, 5.41) is 1.59. The Kier molecular flexibility index (Phi) is 4.77. The molecule has 4 aromatic rings. The van der Waals surface area contributed by atoms with Gasteiger partial charge in [-0.15, -0.1) is 0 Å². The van der Waals surface area contributed by atoms with E-state index in [9.17, 15) is 4.79 Å².